The molecule has 1 atom stereocenters. The molecule has 0 saturated carbocycles. The molecule has 1 aliphatic heterocycles. The van der Waals surface area contributed by atoms with Crippen LogP contribution in [0, 0.1) is 6.92 Å². The van der Waals surface area contributed by atoms with Crippen molar-refractivity contribution in [3.8, 4) is 0 Å². The zero-order chi connectivity index (χ0) is 13.9. The normalized spacial score (nSPS) is 18.4. The fourth-order valence-corrected chi connectivity index (χ4v) is 2.83. The Morgan fingerprint density at radius 1 is 1.40 bits per heavy atom. The topological polar surface area (TPSA) is 63.9 Å². The van der Waals surface area contributed by atoms with Crippen molar-refractivity contribution in [3.05, 3.63) is 41.7 Å². The van der Waals surface area contributed by atoms with Gasteiger partial charge < -0.3 is 4.90 Å². The number of aryl methyl sites for hydroxylation is 1. The first-order valence-corrected chi connectivity index (χ1v) is 6.81. The minimum Gasteiger partial charge on any atom is -0.334 e. The Morgan fingerprint density at radius 3 is 3.00 bits per heavy atom. The Hall–Kier alpha value is -2.24. The van der Waals surface area contributed by atoms with Crippen LogP contribution in [0.15, 0.2) is 30.6 Å². The van der Waals surface area contributed by atoms with Crippen molar-refractivity contribution in [2.24, 2.45) is 0 Å². The summed E-state index contributed by atoms with van der Waals surface area (Å²) < 4.78 is 1.47. The second-order valence-electron chi connectivity index (χ2n) is 5.11. The predicted molar refractivity (Wildman–Crippen MR) is 72.7 cm³/mol. The smallest absolute Gasteiger partial charge is 0.244 e. The molecule has 0 N–H and O–H groups in total. The highest BCUT2D eigenvalue weighted by Crippen LogP contribution is 2.33. The predicted octanol–water partition coefficient (Wildman–Crippen LogP) is 1.35. The standard InChI is InChI=1S/C14H17N5O/c1-11-5-2-3-6-12(11)13-7-4-8-19(13)14(20)9-18-10-15-16-17-18/h2-3,5-6,10,13H,4,7-9H2,1H3. The maximum Gasteiger partial charge on any atom is 0.244 e. The van der Waals surface area contributed by atoms with E-state index in [9.17, 15) is 4.79 Å². The molecule has 1 aliphatic rings. The summed E-state index contributed by atoms with van der Waals surface area (Å²) in [4.78, 5) is 14.4. The maximum absolute atomic E-state index is 12.4. The highest BCUT2D eigenvalue weighted by Gasteiger charge is 2.30. The summed E-state index contributed by atoms with van der Waals surface area (Å²) in [7, 11) is 0. The van der Waals surface area contributed by atoms with E-state index in [-0.39, 0.29) is 18.5 Å². The fraction of sp³-hybridized carbons (Fsp3) is 0.429. The second-order valence-corrected chi connectivity index (χ2v) is 5.11. The Morgan fingerprint density at radius 2 is 2.25 bits per heavy atom. The largest absolute Gasteiger partial charge is 0.334 e. The number of tetrazole rings is 1. The third-order valence-electron chi connectivity index (χ3n) is 3.81. The van der Waals surface area contributed by atoms with Gasteiger partial charge in [0, 0.05) is 6.54 Å². The van der Waals surface area contributed by atoms with Crippen LogP contribution in [0.5, 0.6) is 0 Å². The SMILES string of the molecule is Cc1ccccc1C1CCCN1C(=O)Cn1cnnn1. The Kier molecular flexibility index (Phi) is 3.45. The summed E-state index contributed by atoms with van der Waals surface area (Å²) in [5, 5.41) is 10.9. The van der Waals surface area contributed by atoms with E-state index in [1.54, 1.807) is 0 Å². The number of nitrogens with zero attached hydrogens (tertiary/aromatic N) is 5. The third kappa shape index (κ3) is 2.41. The number of carbonyl (C=O) groups excluding carboxylic acids is 1. The number of likely N-dealkylation sites (tertiary alicyclic amines) is 1. The molecule has 1 amide bonds. The monoisotopic (exact) mass is 271 g/mol. The van der Waals surface area contributed by atoms with Gasteiger partial charge in [-0.2, -0.15) is 0 Å². The minimum absolute atomic E-state index is 0.0723. The van der Waals surface area contributed by atoms with E-state index in [0.717, 1.165) is 19.4 Å². The van der Waals surface area contributed by atoms with Crippen LogP contribution in [0.25, 0.3) is 0 Å². The van der Waals surface area contributed by atoms with Gasteiger partial charge in [0.05, 0.1) is 6.04 Å². The van der Waals surface area contributed by atoms with E-state index >= 15 is 0 Å². The Bertz CT molecular complexity index is 595. The van der Waals surface area contributed by atoms with Crippen LogP contribution in [0.3, 0.4) is 0 Å². The van der Waals surface area contributed by atoms with Gasteiger partial charge in [-0.25, -0.2) is 4.68 Å². The van der Waals surface area contributed by atoms with Crippen molar-refractivity contribution in [2.75, 3.05) is 6.54 Å². The van der Waals surface area contributed by atoms with E-state index < -0.39 is 0 Å². The van der Waals surface area contributed by atoms with Crippen molar-refractivity contribution in [1.29, 1.82) is 0 Å². The summed E-state index contributed by atoms with van der Waals surface area (Å²) in [6, 6.07) is 8.45. The van der Waals surface area contributed by atoms with Crippen LogP contribution in [0.4, 0.5) is 0 Å². The number of aromatic nitrogens is 4. The molecule has 1 saturated heterocycles. The number of rotatable bonds is 3. The average Bonchev–Trinajstić information content (AvgIpc) is 3.09. The zero-order valence-corrected chi connectivity index (χ0v) is 11.4. The van der Waals surface area contributed by atoms with Gasteiger partial charge in [0.2, 0.25) is 5.91 Å². The Balaban J connectivity index is 1.79. The molecule has 6 nitrogen and oxygen atoms in total. The zero-order valence-electron chi connectivity index (χ0n) is 11.4. The van der Waals surface area contributed by atoms with Crippen LogP contribution in [0.1, 0.15) is 30.0 Å². The van der Waals surface area contributed by atoms with E-state index in [2.05, 4.69) is 34.6 Å². The first-order valence-electron chi connectivity index (χ1n) is 6.81. The van der Waals surface area contributed by atoms with Crippen molar-refractivity contribution < 1.29 is 4.79 Å². The molecule has 1 fully saturated rings. The fourth-order valence-electron chi connectivity index (χ4n) is 2.83. The first-order chi connectivity index (χ1) is 9.75. The average molecular weight is 271 g/mol. The molecule has 20 heavy (non-hydrogen) atoms. The highest BCUT2D eigenvalue weighted by atomic mass is 16.2. The molecular formula is C14H17N5O. The molecule has 1 aromatic heterocycles. The van der Waals surface area contributed by atoms with E-state index in [4.69, 9.17) is 0 Å². The van der Waals surface area contributed by atoms with Gasteiger partial charge in [0.1, 0.15) is 12.9 Å². The van der Waals surface area contributed by atoms with Crippen LogP contribution in [-0.4, -0.2) is 37.6 Å². The van der Waals surface area contributed by atoms with Gasteiger partial charge in [0.15, 0.2) is 0 Å². The van der Waals surface area contributed by atoms with E-state index in [1.165, 1.54) is 22.1 Å². The number of hydrogen-bond donors (Lipinski definition) is 0. The summed E-state index contributed by atoms with van der Waals surface area (Å²) in [5.41, 5.74) is 2.48. The Labute approximate surface area is 117 Å². The molecule has 104 valence electrons. The molecular weight excluding hydrogens is 254 g/mol. The highest BCUT2D eigenvalue weighted by molar-refractivity contribution is 5.76. The van der Waals surface area contributed by atoms with Crippen LogP contribution in [-0.2, 0) is 11.3 Å². The van der Waals surface area contributed by atoms with Crippen molar-refractivity contribution >= 4 is 5.91 Å². The lowest BCUT2D eigenvalue weighted by Crippen LogP contribution is -2.33. The van der Waals surface area contributed by atoms with Crippen molar-refractivity contribution in [1.82, 2.24) is 25.1 Å². The summed E-state index contributed by atoms with van der Waals surface area (Å²) in [5.74, 6) is 0.0723. The number of carbonyl (C=O) groups is 1. The quantitative estimate of drug-likeness (QED) is 0.845. The number of benzene rings is 1. The van der Waals surface area contributed by atoms with Gasteiger partial charge in [-0.05, 0) is 41.3 Å². The van der Waals surface area contributed by atoms with Gasteiger partial charge in [0.25, 0.3) is 0 Å². The van der Waals surface area contributed by atoms with Gasteiger partial charge in [-0.1, -0.05) is 24.3 Å². The van der Waals surface area contributed by atoms with Crippen molar-refractivity contribution in [3.63, 3.8) is 0 Å². The van der Waals surface area contributed by atoms with Crippen LogP contribution >= 0.6 is 0 Å². The van der Waals surface area contributed by atoms with Crippen molar-refractivity contribution in [2.45, 2.75) is 32.4 Å². The maximum atomic E-state index is 12.4. The molecule has 0 spiro atoms. The molecule has 1 aromatic carbocycles. The number of hydrogen-bond acceptors (Lipinski definition) is 4. The van der Waals surface area contributed by atoms with Gasteiger partial charge in [-0.15, -0.1) is 5.10 Å². The van der Waals surface area contributed by atoms with Crippen LogP contribution in [0.2, 0.25) is 0 Å². The molecule has 6 heteroatoms. The molecule has 0 radical (unpaired) electrons. The minimum atomic E-state index is 0.0723. The molecule has 2 heterocycles. The third-order valence-corrected chi connectivity index (χ3v) is 3.81. The van der Waals surface area contributed by atoms with Gasteiger partial charge >= 0.3 is 0 Å². The summed E-state index contributed by atoms with van der Waals surface area (Å²) in [6.07, 6.45) is 3.53. The molecule has 0 aliphatic carbocycles. The molecule has 3 rings (SSSR count). The summed E-state index contributed by atoms with van der Waals surface area (Å²) in [6.45, 7) is 3.10. The lowest BCUT2D eigenvalue weighted by atomic mass is 9.99. The molecule has 0 bridgehead atoms. The lowest BCUT2D eigenvalue weighted by molar-refractivity contribution is -0.133. The van der Waals surface area contributed by atoms with E-state index in [1.807, 2.05) is 17.0 Å². The van der Waals surface area contributed by atoms with Gasteiger partial charge in [-0.3, -0.25) is 4.79 Å². The summed E-state index contributed by atoms with van der Waals surface area (Å²) >= 11 is 0. The van der Waals surface area contributed by atoms with E-state index in [0.29, 0.717) is 0 Å². The number of amides is 1. The van der Waals surface area contributed by atoms with Crippen LogP contribution < -0.4 is 0 Å². The molecule has 2 aromatic rings. The lowest BCUT2D eigenvalue weighted by Gasteiger charge is -2.26. The second kappa shape index (κ2) is 5.40. The first kappa shape index (κ1) is 12.8. The molecule has 1 unspecified atom stereocenters.